The Balaban J connectivity index is 2.12. The highest BCUT2D eigenvalue weighted by molar-refractivity contribution is 7.92. The van der Waals surface area contributed by atoms with Crippen LogP contribution in [0.4, 0.5) is 11.4 Å². The summed E-state index contributed by atoms with van der Waals surface area (Å²) < 4.78 is 32.0. The van der Waals surface area contributed by atoms with Gasteiger partial charge in [0, 0.05) is 36.7 Å². The fraction of sp³-hybridized carbons (Fsp3) is 0.286. The zero-order chi connectivity index (χ0) is 30.2. The maximum atomic E-state index is 14.1. The number of carbonyl (C=O) groups is 2. The minimum Gasteiger partial charge on any atom is -0.495 e. The predicted molar refractivity (Wildman–Crippen MR) is 156 cm³/mol. The fourth-order valence-electron chi connectivity index (χ4n) is 4.24. The summed E-state index contributed by atoms with van der Waals surface area (Å²) in [5.74, 6) is -1.15. The molecule has 3 aromatic rings. The van der Waals surface area contributed by atoms with Crippen molar-refractivity contribution in [2.24, 2.45) is 0 Å². The quantitative estimate of drug-likeness (QED) is 0.232. The van der Waals surface area contributed by atoms with Crippen molar-refractivity contribution in [3.8, 4) is 5.75 Å². The van der Waals surface area contributed by atoms with Gasteiger partial charge in [-0.2, -0.15) is 0 Å². The first-order valence-corrected chi connectivity index (χ1v) is 14.8. The maximum absolute atomic E-state index is 14.1. The third kappa shape index (κ3) is 8.18. The molecule has 1 atom stereocenters. The summed E-state index contributed by atoms with van der Waals surface area (Å²) >= 11 is 6.41. The summed E-state index contributed by atoms with van der Waals surface area (Å²) in [6.45, 7) is 1.19. The summed E-state index contributed by atoms with van der Waals surface area (Å²) in [5.41, 5.74) is 0.747. The van der Waals surface area contributed by atoms with Gasteiger partial charge in [0.2, 0.25) is 21.8 Å². The zero-order valence-corrected chi connectivity index (χ0v) is 24.4. The number of sulfonamides is 1. The Kier molecular flexibility index (Phi) is 10.7. The standard InChI is InChI=1S/C28H31ClN4O7S/c1-4-30-28(35)25(16-20-10-6-5-7-11-20)31(18-21-12-8-9-13-23(21)29)27(34)19-32(41(3,38)39)24-17-22(33(36)37)14-15-26(24)40-2/h5-15,17,25H,4,16,18-19H2,1-3H3,(H,30,35). The van der Waals surface area contributed by atoms with E-state index in [0.717, 1.165) is 22.2 Å². The molecule has 11 nitrogen and oxygen atoms in total. The molecule has 218 valence electrons. The van der Waals surface area contributed by atoms with Crippen molar-refractivity contribution in [2.75, 3.05) is 30.8 Å². The van der Waals surface area contributed by atoms with Gasteiger partial charge in [-0.05, 0) is 30.2 Å². The van der Waals surface area contributed by atoms with Gasteiger partial charge >= 0.3 is 0 Å². The van der Waals surface area contributed by atoms with Crippen molar-refractivity contribution in [3.05, 3.63) is 99.1 Å². The van der Waals surface area contributed by atoms with Gasteiger partial charge < -0.3 is 15.0 Å². The maximum Gasteiger partial charge on any atom is 0.271 e. The lowest BCUT2D eigenvalue weighted by Gasteiger charge is -2.33. The molecular weight excluding hydrogens is 572 g/mol. The number of nitrogens with zero attached hydrogens (tertiary/aromatic N) is 3. The van der Waals surface area contributed by atoms with Crippen molar-refractivity contribution in [1.82, 2.24) is 10.2 Å². The minimum absolute atomic E-state index is 0.0102. The number of non-ortho nitro benzene ring substituents is 1. The molecule has 41 heavy (non-hydrogen) atoms. The van der Waals surface area contributed by atoms with E-state index in [1.54, 1.807) is 31.2 Å². The van der Waals surface area contributed by atoms with Gasteiger partial charge in [0.1, 0.15) is 24.0 Å². The number of benzene rings is 3. The van der Waals surface area contributed by atoms with Gasteiger partial charge in [-0.25, -0.2) is 8.42 Å². The number of hydrogen-bond acceptors (Lipinski definition) is 7. The molecule has 0 radical (unpaired) electrons. The Morgan fingerprint density at radius 2 is 1.73 bits per heavy atom. The average Bonchev–Trinajstić information content (AvgIpc) is 2.94. The molecule has 0 spiro atoms. The molecule has 0 aliphatic rings. The first-order valence-electron chi connectivity index (χ1n) is 12.6. The summed E-state index contributed by atoms with van der Waals surface area (Å²) in [7, 11) is -2.88. The van der Waals surface area contributed by atoms with E-state index in [1.807, 2.05) is 30.3 Å². The van der Waals surface area contributed by atoms with E-state index in [0.29, 0.717) is 17.1 Å². The van der Waals surface area contributed by atoms with E-state index >= 15 is 0 Å². The summed E-state index contributed by atoms with van der Waals surface area (Å²) in [6, 6.07) is 18.3. The van der Waals surface area contributed by atoms with Crippen molar-refractivity contribution in [2.45, 2.75) is 25.9 Å². The van der Waals surface area contributed by atoms with E-state index in [4.69, 9.17) is 16.3 Å². The largest absolute Gasteiger partial charge is 0.495 e. The number of methoxy groups -OCH3 is 1. The number of nitro benzene ring substituents is 1. The Morgan fingerprint density at radius 3 is 2.32 bits per heavy atom. The highest BCUT2D eigenvalue weighted by Crippen LogP contribution is 2.34. The molecule has 0 aromatic heterocycles. The minimum atomic E-state index is -4.16. The number of amides is 2. The molecular formula is C28H31ClN4O7S. The van der Waals surface area contributed by atoms with Crippen LogP contribution in [-0.2, 0) is 32.6 Å². The van der Waals surface area contributed by atoms with Crippen LogP contribution in [0.5, 0.6) is 5.75 Å². The lowest BCUT2D eigenvalue weighted by molar-refractivity contribution is -0.384. The van der Waals surface area contributed by atoms with Crippen LogP contribution in [0.3, 0.4) is 0 Å². The number of carbonyl (C=O) groups excluding carboxylic acids is 2. The Morgan fingerprint density at radius 1 is 1.07 bits per heavy atom. The lowest BCUT2D eigenvalue weighted by Crippen LogP contribution is -2.53. The second kappa shape index (κ2) is 14.0. The van der Waals surface area contributed by atoms with Crippen LogP contribution in [0, 0.1) is 10.1 Å². The number of likely N-dealkylation sites (N-methyl/N-ethyl adjacent to an activating group) is 1. The fourth-order valence-corrected chi connectivity index (χ4v) is 5.28. The van der Waals surface area contributed by atoms with E-state index in [9.17, 15) is 28.1 Å². The Bertz CT molecular complexity index is 1500. The molecule has 0 saturated carbocycles. The van der Waals surface area contributed by atoms with E-state index in [-0.39, 0.29) is 30.1 Å². The predicted octanol–water partition coefficient (Wildman–Crippen LogP) is 3.80. The van der Waals surface area contributed by atoms with Crippen LogP contribution in [0.2, 0.25) is 5.02 Å². The molecule has 0 heterocycles. The molecule has 13 heteroatoms. The number of anilines is 1. The lowest BCUT2D eigenvalue weighted by atomic mass is 10.0. The molecule has 0 bridgehead atoms. The second-order valence-corrected chi connectivity index (χ2v) is 11.4. The average molecular weight is 603 g/mol. The number of ether oxygens (including phenoxy) is 1. The SMILES string of the molecule is CCNC(=O)C(Cc1ccccc1)N(Cc1ccccc1Cl)C(=O)CN(c1cc([N+](=O)[O-])ccc1OC)S(C)(=O)=O. The topological polar surface area (TPSA) is 139 Å². The number of nitro groups is 1. The van der Waals surface area contributed by atoms with Crippen LogP contribution in [0.1, 0.15) is 18.1 Å². The third-order valence-corrected chi connectivity index (χ3v) is 7.74. The zero-order valence-electron chi connectivity index (χ0n) is 22.8. The van der Waals surface area contributed by atoms with Crippen LogP contribution >= 0.6 is 11.6 Å². The van der Waals surface area contributed by atoms with Gasteiger partial charge in [-0.15, -0.1) is 0 Å². The van der Waals surface area contributed by atoms with Crippen molar-refractivity contribution < 1.29 is 27.7 Å². The number of hydrogen-bond donors (Lipinski definition) is 1. The molecule has 0 fully saturated rings. The highest BCUT2D eigenvalue weighted by atomic mass is 35.5. The van der Waals surface area contributed by atoms with Gasteiger partial charge in [-0.1, -0.05) is 60.1 Å². The van der Waals surface area contributed by atoms with E-state index in [1.165, 1.54) is 24.1 Å². The van der Waals surface area contributed by atoms with Crippen molar-refractivity contribution in [3.63, 3.8) is 0 Å². The van der Waals surface area contributed by atoms with Crippen LogP contribution in [0.15, 0.2) is 72.8 Å². The molecule has 3 aromatic carbocycles. The number of halogens is 1. The number of nitrogens with one attached hydrogen (secondary N) is 1. The molecule has 0 aliphatic heterocycles. The van der Waals surface area contributed by atoms with Gasteiger partial charge in [0.15, 0.2) is 0 Å². The van der Waals surface area contributed by atoms with Crippen LogP contribution in [-0.4, -0.2) is 62.6 Å². The molecule has 1 N–H and O–H groups in total. The number of rotatable bonds is 13. The normalized spacial score (nSPS) is 11.8. The highest BCUT2D eigenvalue weighted by Gasteiger charge is 2.34. The van der Waals surface area contributed by atoms with E-state index < -0.39 is 39.3 Å². The summed E-state index contributed by atoms with van der Waals surface area (Å²) in [4.78, 5) is 39.5. The first kappa shape index (κ1) is 31.4. The first-order chi connectivity index (χ1) is 19.5. The van der Waals surface area contributed by atoms with Gasteiger partial charge in [-0.3, -0.25) is 24.0 Å². The second-order valence-electron chi connectivity index (χ2n) is 9.10. The Labute approximate surface area is 243 Å². The molecule has 0 aliphatic carbocycles. The summed E-state index contributed by atoms with van der Waals surface area (Å²) in [5, 5.41) is 14.6. The van der Waals surface area contributed by atoms with Crippen LogP contribution in [0.25, 0.3) is 0 Å². The third-order valence-electron chi connectivity index (χ3n) is 6.24. The van der Waals surface area contributed by atoms with Crippen molar-refractivity contribution >= 4 is 44.8 Å². The van der Waals surface area contributed by atoms with E-state index in [2.05, 4.69) is 5.32 Å². The molecule has 1 unspecified atom stereocenters. The van der Waals surface area contributed by atoms with Gasteiger partial charge in [0.25, 0.3) is 5.69 Å². The van der Waals surface area contributed by atoms with Crippen molar-refractivity contribution in [1.29, 1.82) is 0 Å². The molecule has 3 rings (SSSR count). The van der Waals surface area contributed by atoms with Gasteiger partial charge in [0.05, 0.1) is 18.3 Å². The Hall–Kier alpha value is -4.16. The monoisotopic (exact) mass is 602 g/mol. The van der Waals surface area contributed by atoms with Crippen LogP contribution < -0.4 is 14.4 Å². The molecule has 0 saturated heterocycles. The molecule has 2 amide bonds. The smallest absolute Gasteiger partial charge is 0.271 e. The summed E-state index contributed by atoms with van der Waals surface area (Å²) in [6.07, 6.45) is 1.02.